The van der Waals surface area contributed by atoms with Crippen molar-refractivity contribution in [3.63, 3.8) is 0 Å². The Kier molecular flexibility index (Phi) is 6.35. The van der Waals surface area contributed by atoms with Crippen molar-refractivity contribution in [2.24, 2.45) is 0 Å². The van der Waals surface area contributed by atoms with E-state index in [-0.39, 0.29) is 24.9 Å². The lowest BCUT2D eigenvalue weighted by Crippen LogP contribution is -2.32. The SMILES string of the molecule is O=C(Nc1cccc(CN2CCSCC2)c1)c1ccccc1CN1C(=O)CNC1=O. The van der Waals surface area contributed by atoms with Crippen LogP contribution in [0.15, 0.2) is 48.5 Å². The van der Waals surface area contributed by atoms with Gasteiger partial charge in [0.15, 0.2) is 0 Å². The first-order valence-electron chi connectivity index (χ1n) is 9.96. The van der Waals surface area contributed by atoms with E-state index >= 15 is 0 Å². The number of rotatable bonds is 6. The summed E-state index contributed by atoms with van der Waals surface area (Å²) in [4.78, 5) is 40.2. The van der Waals surface area contributed by atoms with Crippen LogP contribution in [0.3, 0.4) is 0 Å². The average Bonchev–Trinajstić information content (AvgIpc) is 3.07. The first kappa shape index (κ1) is 20.4. The monoisotopic (exact) mass is 424 g/mol. The molecule has 0 atom stereocenters. The number of carbonyl (C=O) groups is 3. The van der Waals surface area contributed by atoms with Gasteiger partial charge in [-0.3, -0.25) is 19.4 Å². The molecule has 2 heterocycles. The molecule has 2 saturated heterocycles. The van der Waals surface area contributed by atoms with Crippen LogP contribution in [0.25, 0.3) is 0 Å². The third-order valence-corrected chi connectivity index (χ3v) is 6.16. The molecular weight excluding hydrogens is 400 g/mol. The number of imide groups is 1. The van der Waals surface area contributed by atoms with Gasteiger partial charge in [0, 0.05) is 42.4 Å². The van der Waals surface area contributed by atoms with Gasteiger partial charge in [0.1, 0.15) is 0 Å². The second-order valence-electron chi connectivity index (χ2n) is 7.34. The minimum Gasteiger partial charge on any atom is -0.329 e. The summed E-state index contributed by atoms with van der Waals surface area (Å²) >= 11 is 1.98. The molecule has 0 bridgehead atoms. The van der Waals surface area contributed by atoms with Gasteiger partial charge in [-0.15, -0.1) is 0 Å². The number of nitrogens with one attached hydrogen (secondary N) is 2. The summed E-state index contributed by atoms with van der Waals surface area (Å²) in [5, 5.41) is 5.46. The van der Waals surface area contributed by atoms with E-state index in [9.17, 15) is 14.4 Å². The number of carbonyl (C=O) groups excluding carboxylic acids is 3. The highest BCUT2D eigenvalue weighted by Crippen LogP contribution is 2.19. The molecule has 0 saturated carbocycles. The largest absolute Gasteiger partial charge is 0.329 e. The number of hydrogen-bond donors (Lipinski definition) is 2. The van der Waals surface area contributed by atoms with Gasteiger partial charge in [0.25, 0.3) is 5.91 Å². The van der Waals surface area contributed by atoms with E-state index < -0.39 is 6.03 Å². The molecule has 2 aliphatic rings. The molecule has 8 heteroatoms. The van der Waals surface area contributed by atoms with E-state index in [4.69, 9.17) is 0 Å². The molecule has 0 radical (unpaired) electrons. The first-order chi connectivity index (χ1) is 14.6. The summed E-state index contributed by atoms with van der Waals surface area (Å²) in [6, 6.07) is 14.5. The second-order valence-corrected chi connectivity index (χ2v) is 8.56. The maximum atomic E-state index is 12.9. The minimum atomic E-state index is -0.431. The normalized spacial score (nSPS) is 17.1. The van der Waals surface area contributed by atoms with Crippen LogP contribution in [0.5, 0.6) is 0 Å². The van der Waals surface area contributed by atoms with Gasteiger partial charge in [0.05, 0.1) is 13.1 Å². The van der Waals surface area contributed by atoms with Gasteiger partial charge in [0.2, 0.25) is 5.91 Å². The van der Waals surface area contributed by atoms with Crippen molar-refractivity contribution in [3.05, 3.63) is 65.2 Å². The fraction of sp³-hybridized carbons (Fsp3) is 0.318. The molecule has 7 nitrogen and oxygen atoms in total. The van der Waals surface area contributed by atoms with Crippen molar-refractivity contribution in [3.8, 4) is 0 Å². The summed E-state index contributed by atoms with van der Waals surface area (Å²) < 4.78 is 0. The lowest BCUT2D eigenvalue weighted by atomic mass is 10.1. The van der Waals surface area contributed by atoms with E-state index in [0.29, 0.717) is 11.1 Å². The first-order valence-corrected chi connectivity index (χ1v) is 11.1. The lowest BCUT2D eigenvalue weighted by Gasteiger charge is -2.26. The van der Waals surface area contributed by atoms with Gasteiger partial charge in [-0.2, -0.15) is 11.8 Å². The van der Waals surface area contributed by atoms with Crippen LogP contribution in [-0.4, -0.2) is 58.8 Å². The Morgan fingerprint density at radius 2 is 1.83 bits per heavy atom. The van der Waals surface area contributed by atoms with Gasteiger partial charge < -0.3 is 10.6 Å². The van der Waals surface area contributed by atoms with E-state index in [1.807, 2.05) is 30.0 Å². The topological polar surface area (TPSA) is 81.8 Å². The van der Waals surface area contributed by atoms with Crippen LogP contribution in [-0.2, 0) is 17.9 Å². The zero-order valence-corrected chi connectivity index (χ0v) is 17.4. The number of nitrogens with zero attached hydrogens (tertiary/aromatic N) is 2. The maximum Gasteiger partial charge on any atom is 0.324 e. The van der Waals surface area contributed by atoms with E-state index in [2.05, 4.69) is 21.6 Å². The highest BCUT2D eigenvalue weighted by molar-refractivity contribution is 7.99. The van der Waals surface area contributed by atoms with Crippen molar-refractivity contribution in [2.75, 3.05) is 36.5 Å². The molecule has 0 aliphatic carbocycles. The Bertz CT molecular complexity index is 943. The number of amides is 4. The number of urea groups is 1. The third-order valence-electron chi connectivity index (χ3n) is 5.22. The average molecular weight is 425 g/mol. The zero-order valence-electron chi connectivity index (χ0n) is 16.6. The molecular formula is C22H24N4O3S. The van der Waals surface area contributed by atoms with Gasteiger partial charge in [-0.1, -0.05) is 30.3 Å². The van der Waals surface area contributed by atoms with Crippen molar-refractivity contribution in [1.82, 2.24) is 15.1 Å². The van der Waals surface area contributed by atoms with Crippen molar-refractivity contribution in [1.29, 1.82) is 0 Å². The highest BCUT2D eigenvalue weighted by Gasteiger charge is 2.29. The fourth-order valence-corrected chi connectivity index (χ4v) is 4.61. The van der Waals surface area contributed by atoms with E-state index in [0.717, 1.165) is 47.3 Å². The maximum absolute atomic E-state index is 12.9. The molecule has 2 aromatic rings. The van der Waals surface area contributed by atoms with Crippen LogP contribution in [0.4, 0.5) is 10.5 Å². The minimum absolute atomic E-state index is 0.00427. The molecule has 30 heavy (non-hydrogen) atoms. The molecule has 2 fully saturated rings. The number of anilines is 1. The van der Waals surface area contributed by atoms with Crippen LogP contribution in [0.1, 0.15) is 21.5 Å². The molecule has 156 valence electrons. The van der Waals surface area contributed by atoms with E-state index in [1.165, 1.54) is 0 Å². The summed E-state index contributed by atoms with van der Waals surface area (Å²) in [7, 11) is 0. The summed E-state index contributed by atoms with van der Waals surface area (Å²) in [6.07, 6.45) is 0. The second kappa shape index (κ2) is 9.32. The van der Waals surface area contributed by atoms with Crippen LogP contribution in [0, 0.1) is 0 Å². The molecule has 4 amide bonds. The van der Waals surface area contributed by atoms with Crippen molar-refractivity contribution < 1.29 is 14.4 Å². The summed E-state index contributed by atoms with van der Waals surface area (Å²) in [5.74, 6) is 1.76. The Balaban J connectivity index is 1.46. The molecule has 0 spiro atoms. The Labute approximate surface area is 179 Å². The van der Waals surface area contributed by atoms with E-state index in [1.54, 1.807) is 24.3 Å². The number of hydrogen-bond acceptors (Lipinski definition) is 5. The third kappa shape index (κ3) is 4.83. The lowest BCUT2D eigenvalue weighted by molar-refractivity contribution is -0.125. The predicted octanol–water partition coefficient (Wildman–Crippen LogP) is 2.54. The van der Waals surface area contributed by atoms with Crippen molar-refractivity contribution in [2.45, 2.75) is 13.1 Å². The quantitative estimate of drug-likeness (QED) is 0.697. The van der Waals surface area contributed by atoms with Crippen LogP contribution < -0.4 is 10.6 Å². The molecule has 2 aromatic carbocycles. The molecule has 2 aliphatic heterocycles. The van der Waals surface area contributed by atoms with Gasteiger partial charge in [-0.25, -0.2) is 4.79 Å². The Hall–Kier alpha value is -2.84. The zero-order chi connectivity index (χ0) is 20.9. The molecule has 2 N–H and O–H groups in total. The molecule has 0 unspecified atom stereocenters. The summed E-state index contributed by atoms with van der Waals surface area (Å²) in [5.41, 5.74) is 2.96. The fourth-order valence-electron chi connectivity index (χ4n) is 3.63. The number of benzene rings is 2. The Morgan fingerprint density at radius 1 is 1.03 bits per heavy atom. The molecule has 0 aromatic heterocycles. The Morgan fingerprint density at radius 3 is 2.60 bits per heavy atom. The van der Waals surface area contributed by atoms with Crippen LogP contribution in [0.2, 0.25) is 0 Å². The standard InChI is InChI=1S/C22H24N4O3S/c27-20-13-23-22(29)26(20)15-17-5-1-2-7-19(17)21(28)24-18-6-3-4-16(12-18)14-25-8-10-30-11-9-25/h1-7,12H,8-11,13-15H2,(H,23,29)(H,24,28). The summed E-state index contributed by atoms with van der Waals surface area (Å²) in [6.45, 7) is 3.10. The van der Waals surface area contributed by atoms with Crippen LogP contribution >= 0.6 is 11.8 Å². The van der Waals surface area contributed by atoms with Crippen molar-refractivity contribution >= 4 is 35.3 Å². The smallest absolute Gasteiger partial charge is 0.324 e. The predicted molar refractivity (Wildman–Crippen MR) is 117 cm³/mol. The van der Waals surface area contributed by atoms with Gasteiger partial charge in [-0.05, 0) is 29.3 Å². The highest BCUT2D eigenvalue weighted by atomic mass is 32.2. The molecule has 4 rings (SSSR count). The van der Waals surface area contributed by atoms with Gasteiger partial charge >= 0.3 is 6.03 Å². The number of thioether (sulfide) groups is 1.